The summed E-state index contributed by atoms with van der Waals surface area (Å²) in [6, 6.07) is 37.7. The first-order valence-corrected chi connectivity index (χ1v) is 15.3. The zero-order chi connectivity index (χ0) is 30.9. The molecule has 0 heterocycles. The second-order valence-electron chi connectivity index (χ2n) is 10.6. The molecule has 0 saturated carbocycles. The van der Waals surface area contributed by atoms with Crippen LogP contribution in [0.2, 0.25) is 0 Å². The summed E-state index contributed by atoms with van der Waals surface area (Å²) in [5, 5.41) is 10.8. The van der Waals surface area contributed by atoms with Crippen LogP contribution in [0.5, 0.6) is 0 Å². The summed E-state index contributed by atoms with van der Waals surface area (Å²) in [4.78, 5) is 39.9. The summed E-state index contributed by atoms with van der Waals surface area (Å²) in [5.74, 6) is -0.388. The monoisotopic (exact) mass is 599 g/mol. The van der Waals surface area contributed by atoms with Crippen molar-refractivity contribution in [3.8, 4) is 0 Å². The highest BCUT2D eigenvalue weighted by Gasteiger charge is 2.16. The highest BCUT2D eigenvalue weighted by Crippen LogP contribution is 2.24. The highest BCUT2D eigenvalue weighted by atomic mass is 32.2. The lowest BCUT2D eigenvalue weighted by molar-refractivity contribution is -0.114. The Morgan fingerprint density at radius 1 is 0.705 bits per heavy atom. The number of hydrogen-bond acceptors (Lipinski definition) is 4. The number of anilines is 2. The van der Waals surface area contributed by atoms with Gasteiger partial charge in [0, 0.05) is 21.8 Å². The lowest BCUT2D eigenvalue weighted by atomic mass is 10.0. The molecule has 0 saturated heterocycles. The molecule has 3 N–H and O–H groups in total. The largest absolute Gasteiger partial charge is 0.325 e. The minimum absolute atomic E-state index is 0.115. The van der Waals surface area contributed by atoms with E-state index in [-0.39, 0.29) is 23.3 Å². The predicted octanol–water partition coefficient (Wildman–Crippen LogP) is 8.10. The minimum atomic E-state index is -0.460. The fourth-order valence-electron chi connectivity index (χ4n) is 4.56. The Bertz CT molecular complexity index is 1820. The first kappa shape index (κ1) is 30.3. The molecular formula is C37H33N3O3S. The Morgan fingerprint density at radius 2 is 1.41 bits per heavy atom. The molecule has 220 valence electrons. The van der Waals surface area contributed by atoms with Crippen molar-refractivity contribution >= 4 is 57.7 Å². The van der Waals surface area contributed by atoms with Crippen molar-refractivity contribution in [3.05, 3.63) is 144 Å². The van der Waals surface area contributed by atoms with Crippen LogP contribution in [-0.4, -0.2) is 23.5 Å². The standard InChI is InChI=1S/C37H33N3O3S/c1-25(2)27-17-15-26(16-18-27)21-34(40-36(42)29-10-4-3-5-11-29)37(43)39-31-13-8-14-33(23-31)44-24-35(41)38-32-20-19-28-9-6-7-12-30(28)22-32/h3-23,25H,24H2,1-2H3,(H,38,41)(H,39,43)(H,40,42)/b34-21+. The van der Waals surface area contributed by atoms with Gasteiger partial charge in [-0.3, -0.25) is 14.4 Å². The summed E-state index contributed by atoms with van der Waals surface area (Å²) in [6.45, 7) is 4.24. The van der Waals surface area contributed by atoms with Gasteiger partial charge in [-0.05, 0) is 76.4 Å². The maximum absolute atomic E-state index is 13.5. The molecule has 0 atom stereocenters. The quantitative estimate of drug-likeness (QED) is 0.112. The molecular weight excluding hydrogens is 566 g/mol. The van der Waals surface area contributed by atoms with E-state index in [1.165, 1.54) is 17.3 Å². The SMILES string of the molecule is CC(C)c1ccc(/C=C(/NC(=O)c2ccccc2)C(=O)Nc2cccc(SCC(=O)Nc3ccc4ccccc4c3)c2)cc1. The molecule has 6 nitrogen and oxygen atoms in total. The van der Waals surface area contributed by atoms with Gasteiger partial charge in [0.1, 0.15) is 5.70 Å². The molecule has 0 aliphatic carbocycles. The Balaban J connectivity index is 1.26. The third kappa shape index (κ3) is 8.24. The number of thioether (sulfide) groups is 1. The second-order valence-corrected chi connectivity index (χ2v) is 11.6. The number of rotatable bonds is 10. The molecule has 5 rings (SSSR count). The summed E-state index contributed by atoms with van der Waals surface area (Å²) in [5.41, 5.74) is 3.82. The minimum Gasteiger partial charge on any atom is -0.325 e. The van der Waals surface area contributed by atoms with Gasteiger partial charge in [-0.25, -0.2) is 0 Å². The molecule has 5 aromatic rings. The topological polar surface area (TPSA) is 87.3 Å². The summed E-state index contributed by atoms with van der Waals surface area (Å²) in [6.07, 6.45) is 1.66. The van der Waals surface area contributed by atoms with E-state index in [1.54, 1.807) is 42.5 Å². The Hall–Kier alpha value is -5.14. The molecule has 0 fully saturated rings. The van der Waals surface area contributed by atoms with E-state index in [2.05, 4.69) is 29.8 Å². The van der Waals surface area contributed by atoms with E-state index in [1.807, 2.05) is 84.9 Å². The van der Waals surface area contributed by atoms with E-state index in [0.29, 0.717) is 17.2 Å². The van der Waals surface area contributed by atoms with Crippen molar-refractivity contribution in [3.63, 3.8) is 0 Å². The fourth-order valence-corrected chi connectivity index (χ4v) is 5.32. The van der Waals surface area contributed by atoms with Gasteiger partial charge < -0.3 is 16.0 Å². The molecule has 0 aliphatic rings. The van der Waals surface area contributed by atoms with Gasteiger partial charge >= 0.3 is 0 Å². The maximum Gasteiger partial charge on any atom is 0.272 e. The first-order chi connectivity index (χ1) is 21.3. The average Bonchev–Trinajstić information content (AvgIpc) is 3.04. The second kappa shape index (κ2) is 14.4. The van der Waals surface area contributed by atoms with Crippen LogP contribution in [0, 0.1) is 0 Å². The van der Waals surface area contributed by atoms with Crippen LogP contribution in [0.4, 0.5) is 11.4 Å². The van der Waals surface area contributed by atoms with Crippen LogP contribution in [-0.2, 0) is 9.59 Å². The smallest absolute Gasteiger partial charge is 0.272 e. The van der Waals surface area contributed by atoms with Crippen molar-refractivity contribution < 1.29 is 14.4 Å². The number of nitrogens with one attached hydrogen (secondary N) is 3. The molecule has 7 heteroatoms. The fraction of sp³-hybridized carbons (Fsp3) is 0.108. The Labute approximate surface area is 261 Å². The molecule has 5 aromatic carbocycles. The third-order valence-corrected chi connectivity index (χ3v) is 7.93. The van der Waals surface area contributed by atoms with Gasteiger partial charge in [0.2, 0.25) is 5.91 Å². The van der Waals surface area contributed by atoms with Gasteiger partial charge in [-0.15, -0.1) is 11.8 Å². The number of amides is 3. The van der Waals surface area contributed by atoms with Crippen LogP contribution in [0.15, 0.2) is 132 Å². The van der Waals surface area contributed by atoms with Crippen LogP contribution in [0.25, 0.3) is 16.8 Å². The van der Waals surface area contributed by atoms with Crippen LogP contribution in [0.3, 0.4) is 0 Å². The van der Waals surface area contributed by atoms with Crippen LogP contribution in [0.1, 0.15) is 41.3 Å². The number of carbonyl (C=O) groups is 3. The molecule has 3 amide bonds. The molecule has 0 radical (unpaired) electrons. The van der Waals surface area contributed by atoms with Gasteiger partial charge in [-0.1, -0.05) is 92.7 Å². The van der Waals surface area contributed by atoms with Crippen molar-refractivity contribution in [1.82, 2.24) is 5.32 Å². The first-order valence-electron chi connectivity index (χ1n) is 14.3. The van der Waals surface area contributed by atoms with Crippen molar-refractivity contribution in [2.24, 2.45) is 0 Å². The average molecular weight is 600 g/mol. The van der Waals surface area contributed by atoms with Gasteiger partial charge in [0.15, 0.2) is 0 Å². The van der Waals surface area contributed by atoms with E-state index in [9.17, 15) is 14.4 Å². The number of carbonyl (C=O) groups excluding carboxylic acids is 3. The normalized spacial score (nSPS) is 11.3. The molecule has 0 bridgehead atoms. The Kier molecular flexibility index (Phi) is 9.89. The molecule has 0 unspecified atom stereocenters. The highest BCUT2D eigenvalue weighted by molar-refractivity contribution is 8.00. The summed E-state index contributed by atoms with van der Waals surface area (Å²) in [7, 11) is 0. The Morgan fingerprint density at radius 3 is 2.16 bits per heavy atom. The van der Waals surface area contributed by atoms with Crippen LogP contribution >= 0.6 is 11.8 Å². The molecule has 0 aromatic heterocycles. The van der Waals surface area contributed by atoms with Gasteiger partial charge in [0.05, 0.1) is 5.75 Å². The van der Waals surface area contributed by atoms with Gasteiger partial charge in [-0.2, -0.15) is 0 Å². The van der Waals surface area contributed by atoms with Crippen molar-refractivity contribution in [2.75, 3.05) is 16.4 Å². The van der Waals surface area contributed by atoms with Crippen molar-refractivity contribution in [2.45, 2.75) is 24.7 Å². The van der Waals surface area contributed by atoms with Gasteiger partial charge in [0.25, 0.3) is 11.8 Å². The zero-order valence-electron chi connectivity index (χ0n) is 24.5. The molecule has 0 spiro atoms. The van der Waals surface area contributed by atoms with Crippen molar-refractivity contribution in [1.29, 1.82) is 0 Å². The van der Waals surface area contributed by atoms with E-state index in [4.69, 9.17) is 0 Å². The maximum atomic E-state index is 13.5. The van der Waals surface area contributed by atoms with Crippen LogP contribution < -0.4 is 16.0 Å². The third-order valence-electron chi connectivity index (χ3n) is 6.94. The lowest BCUT2D eigenvalue weighted by Gasteiger charge is -2.13. The zero-order valence-corrected chi connectivity index (χ0v) is 25.4. The summed E-state index contributed by atoms with van der Waals surface area (Å²) >= 11 is 1.37. The van der Waals surface area contributed by atoms with E-state index < -0.39 is 5.91 Å². The predicted molar refractivity (Wildman–Crippen MR) is 181 cm³/mol. The number of hydrogen-bond donors (Lipinski definition) is 3. The number of benzene rings is 5. The molecule has 0 aliphatic heterocycles. The summed E-state index contributed by atoms with van der Waals surface area (Å²) < 4.78 is 0. The van der Waals surface area contributed by atoms with E-state index in [0.717, 1.165) is 26.9 Å². The van der Waals surface area contributed by atoms with E-state index >= 15 is 0 Å². The lowest BCUT2D eigenvalue weighted by Crippen LogP contribution is -2.30. The number of fused-ring (bicyclic) bond motifs is 1. The molecule has 44 heavy (non-hydrogen) atoms.